The number of fused-ring (bicyclic) bond motifs is 3. The Morgan fingerprint density at radius 3 is 2.73 bits per heavy atom. The van der Waals surface area contributed by atoms with E-state index in [4.69, 9.17) is 16.3 Å². The maximum absolute atomic E-state index is 14.7. The van der Waals surface area contributed by atoms with Crippen LogP contribution in [0.15, 0.2) is 10.5 Å². The summed E-state index contributed by atoms with van der Waals surface area (Å²) in [5.74, 6) is -0.130. The second kappa shape index (κ2) is 7.75. The fourth-order valence-corrected chi connectivity index (χ4v) is 4.68. The molecule has 2 saturated heterocycles. The summed E-state index contributed by atoms with van der Waals surface area (Å²) in [5.41, 5.74) is -0.718. The molecule has 0 aliphatic carbocycles. The summed E-state index contributed by atoms with van der Waals surface area (Å²) >= 11 is 9.21. The van der Waals surface area contributed by atoms with Crippen molar-refractivity contribution in [3.05, 3.63) is 27.5 Å². The Kier molecular flexibility index (Phi) is 5.55. The lowest BCUT2D eigenvalue weighted by molar-refractivity contribution is 0.0221. The first-order chi connectivity index (χ1) is 14.0. The first kappa shape index (κ1) is 21.5. The third kappa shape index (κ3) is 4.06. The number of aromatic nitrogens is 2. The molecule has 10 heteroatoms. The highest BCUT2D eigenvalue weighted by Crippen LogP contribution is 2.38. The molecule has 2 aliphatic heterocycles. The normalized spacial score (nSPS) is 21.8. The van der Waals surface area contributed by atoms with Gasteiger partial charge in [-0.3, -0.25) is 0 Å². The van der Waals surface area contributed by atoms with Crippen LogP contribution in [0.3, 0.4) is 0 Å². The Bertz CT molecular complexity index is 1020. The average Bonchev–Trinajstić information content (AvgIpc) is 2.92. The third-order valence-corrected chi connectivity index (χ3v) is 6.75. The molecule has 2 fully saturated rings. The van der Waals surface area contributed by atoms with Gasteiger partial charge in [0.05, 0.1) is 15.5 Å². The van der Waals surface area contributed by atoms with Crippen molar-refractivity contribution in [1.29, 1.82) is 0 Å². The molecule has 0 spiro atoms. The zero-order chi connectivity index (χ0) is 21.8. The van der Waals surface area contributed by atoms with E-state index in [-0.39, 0.29) is 33.0 Å². The lowest BCUT2D eigenvalue weighted by atomic mass is 10.0. The molecule has 162 valence electrons. The van der Waals surface area contributed by atoms with E-state index in [0.717, 1.165) is 12.8 Å². The van der Waals surface area contributed by atoms with Crippen molar-refractivity contribution in [2.45, 2.75) is 45.3 Å². The second-order valence-corrected chi connectivity index (χ2v) is 10.0. The smallest absolute Gasteiger partial charge is 0.410 e. The van der Waals surface area contributed by atoms with Gasteiger partial charge in [-0.05, 0) is 61.5 Å². The van der Waals surface area contributed by atoms with Gasteiger partial charge in [0.25, 0.3) is 0 Å². The third-order valence-electron chi connectivity index (χ3n) is 5.45. The summed E-state index contributed by atoms with van der Waals surface area (Å²) in [6, 6.07) is 1.43. The van der Waals surface area contributed by atoms with Crippen LogP contribution >= 0.6 is 27.5 Å². The molecule has 4 rings (SSSR count). The highest BCUT2D eigenvalue weighted by atomic mass is 79.9. The lowest BCUT2D eigenvalue weighted by Gasteiger charge is -2.33. The largest absolute Gasteiger partial charge is 0.444 e. The molecule has 1 aromatic carbocycles. The Hall–Kier alpha value is -1.74. The van der Waals surface area contributed by atoms with Crippen LogP contribution in [0.1, 0.15) is 33.6 Å². The number of ether oxygens (including phenoxy) is 1. The number of nitrogens with zero attached hydrogens (tertiary/aromatic N) is 4. The van der Waals surface area contributed by atoms with Gasteiger partial charge in [-0.1, -0.05) is 11.6 Å². The molecule has 2 bridgehead atoms. The van der Waals surface area contributed by atoms with Gasteiger partial charge in [-0.15, -0.1) is 0 Å². The first-order valence-corrected chi connectivity index (χ1v) is 11.0. The van der Waals surface area contributed by atoms with Crippen LogP contribution in [0.25, 0.3) is 10.9 Å². The van der Waals surface area contributed by atoms with E-state index >= 15 is 0 Å². The highest BCUT2D eigenvalue weighted by molar-refractivity contribution is 9.10. The van der Waals surface area contributed by atoms with Crippen LogP contribution in [-0.2, 0) is 4.74 Å². The molecule has 0 radical (unpaired) electrons. The number of amides is 1. The zero-order valence-corrected chi connectivity index (χ0v) is 19.2. The van der Waals surface area contributed by atoms with Crippen molar-refractivity contribution >= 4 is 50.3 Å². The minimum atomic E-state index is -1.01. The van der Waals surface area contributed by atoms with E-state index in [1.807, 2.05) is 25.7 Å². The van der Waals surface area contributed by atoms with E-state index in [2.05, 4.69) is 25.9 Å². The Labute approximate surface area is 186 Å². The quantitative estimate of drug-likeness (QED) is 0.397. The summed E-state index contributed by atoms with van der Waals surface area (Å²) in [7, 11) is 0. The maximum Gasteiger partial charge on any atom is 0.410 e. The number of benzene rings is 1. The number of hydrogen-bond acceptors (Lipinski definition) is 5. The Balaban J connectivity index is 1.69. The van der Waals surface area contributed by atoms with E-state index in [0.29, 0.717) is 30.9 Å². The second-order valence-electron chi connectivity index (χ2n) is 8.82. The Morgan fingerprint density at radius 2 is 2.03 bits per heavy atom. The van der Waals surface area contributed by atoms with Crippen LogP contribution in [0, 0.1) is 17.8 Å². The number of carbonyl (C=O) groups is 1. The first-order valence-electron chi connectivity index (χ1n) is 9.79. The Morgan fingerprint density at radius 1 is 1.30 bits per heavy atom. The number of anilines is 1. The van der Waals surface area contributed by atoms with Gasteiger partial charge < -0.3 is 14.5 Å². The topological polar surface area (TPSA) is 58.6 Å². The van der Waals surface area contributed by atoms with E-state index in [9.17, 15) is 13.6 Å². The van der Waals surface area contributed by atoms with Gasteiger partial charge in [0.15, 0.2) is 5.82 Å². The van der Waals surface area contributed by atoms with Gasteiger partial charge >= 0.3 is 12.2 Å². The molecule has 2 aliphatic rings. The van der Waals surface area contributed by atoms with Gasteiger partial charge in [-0.2, -0.15) is 14.4 Å². The minimum absolute atomic E-state index is 0.0340. The zero-order valence-electron chi connectivity index (χ0n) is 16.9. The van der Waals surface area contributed by atoms with Crippen LogP contribution in [0.2, 0.25) is 5.02 Å². The van der Waals surface area contributed by atoms with E-state index in [1.165, 1.54) is 6.07 Å². The molecular formula is C20H22BrClF2N4O2. The van der Waals surface area contributed by atoms with Crippen molar-refractivity contribution in [2.75, 3.05) is 24.5 Å². The predicted octanol–water partition coefficient (Wildman–Crippen LogP) is 5.16. The van der Waals surface area contributed by atoms with Crippen molar-refractivity contribution in [3.8, 4) is 0 Å². The summed E-state index contributed by atoms with van der Waals surface area (Å²) in [5, 5.41) is 0.492. The molecule has 1 aromatic heterocycles. The van der Waals surface area contributed by atoms with Crippen LogP contribution < -0.4 is 4.90 Å². The summed E-state index contributed by atoms with van der Waals surface area (Å²) < 4.78 is 34.5. The predicted molar refractivity (Wildman–Crippen MR) is 114 cm³/mol. The monoisotopic (exact) mass is 502 g/mol. The minimum Gasteiger partial charge on any atom is -0.444 e. The number of carbonyl (C=O) groups excluding carboxylic acids is 1. The molecule has 1 amide bonds. The number of likely N-dealkylation sites (tertiary alicyclic amines) is 1. The molecule has 0 N–H and O–H groups in total. The van der Waals surface area contributed by atoms with Crippen molar-refractivity contribution in [1.82, 2.24) is 14.9 Å². The summed E-state index contributed by atoms with van der Waals surface area (Å²) in [4.78, 5) is 23.9. The average molecular weight is 504 g/mol. The molecule has 6 nitrogen and oxygen atoms in total. The van der Waals surface area contributed by atoms with E-state index in [1.54, 1.807) is 4.90 Å². The summed E-state index contributed by atoms with van der Waals surface area (Å²) in [6.07, 6.45) is 0.273. The van der Waals surface area contributed by atoms with Crippen LogP contribution in [0.4, 0.5) is 19.4 Å². The highest BCUT2D eigenvalue weighted by Gasteiger charge is 2.41. The van der Waals surface area contributed by atoms with Gasteiger partial charge in [0.1, 0.15) is 16.9 Å². The molecule has 30 heavy (non-hydrogen) atoms. The molecule has 2 unspecified atom stereocenters. The standard InChI is InChI=1S/C20H22BrClF2N4O2/c1-20(2,3)30-19(29)28-8-10-4-5-27(9-11(28)6-10)17-12-7-13(22)14(21)15(23)16(12)25-18(24)26-17/h7,10-11H,4-6,8-9H2,1-3H3. The van der Waals surface area contributed by atoms with E-state index < -0.39 is 17.5 Å². The van der Waals surface area contributed by atoms with Crippen molar-refractivity contribution in [2.24, 2.45) is 5.92 Å². The fourth-order valence-electron chi connectivity index (χ4n) is 4.19. The van der Waals surface area contributed by atoms with Gasteiger partial charge in [0.2, 0.25) is 0 Å². The molecule has 3 heterocycles. The molecule has 0 saturated carbocycles. The molecule has 2 atom stereocenters. The lowest BCUT2D eigenvalue weighted by Crippen LogP contribution is -2.46. The number of halogens is 4. The SMILES string of the molecule is CC(C)(C)OC(=O)N1CC2CCN(c3nc(F)nc4c(F)c(Br)c(Cl)cc34)CC1C2. The molecule has 2 aromatic rings. The maximum atomic E-state index is 14.7. The summed E-state index contributed by atoms with van der Waals surface area (Å²) in [6.45, 7) is 7.19. The van der Waals surface area contributed by atoms with Gasteiger partial charge in [0, 0.05) is 25.0 Å². The van der Waals surface area contributed by atoms with Crippen LogP contribution in [0.5, 0.6) is 0 Å². The number of hydrogen-bond donors (Lipinski definition) is 0. The molecular weight excluding hydrogens is 482 g/mol. The number of rotatable bonds is 1. The van der Waals surface area contributed by atoms with Crippen LogP contribution in [-0.4, -0.2) is 52.2 Å². The van der Waals surface area contributed by atoms with Gasteiger partial charge in [-0.25, -0.2) is 9.18 Å². The fraction of sp³-hybridized carbons (Fsp3) is 0.550. The van der Waals surface area contributed by atoms with Crippen molar-refractivity contribution in [3.63, 3.8) is 0 Å². The van der Waals surface area contributed by atoms with Crippen molar-refractivity contribution < 1.29 is 18.3 Å².